The molecule has 110 valence electrons. The molecule has 0 N–H and O–H groups in total. The molecule has 0 amide bonds. The van der Waals surface area contributed by atoms with E-state index in [0.717, 1.165) is 10.0 Å². The molecule has 2 aromatic carbocycles. The summed E-state index contributed by atoms with van der Waals surface area (Å²) >= 11 is 3.25. The van der Waals surface area contributed by atoms with Gasteiger partial charge in [-0.3, -0.25) is 0 Å². The summed E-state index contributed by atoms with van der Waals surface area (Å²) in [6.07, 6.45) is 4.61. The molecule has 0 radical (unpaired) electrons. The Morgan fingerprint density at radius 3 is 2.27 bits per heavy atom. The average Bonchev–Trinajstić information content (AvgIpc) is 2.53. The minimum atomic E-state index is -3.79. The van der Waals surface area contributed by atoms with Gasteiger partial charge in [0.1, 0.15) is 11.0 Å². The van der Waals surface area contributed by atoms with E-state index < -0.39 is 9.84 Å². The molecule has 0 unspecified atom stereocenters. The van der Waals surface area contributed by atoms with Crippen LogP contribution in [0, 0.1) is 11.3 Å². The summed E-state index contributed by atoms with van der Waals surface area (Å²) in [7, 11) is -3.79. The molecule has 0 aromatic heterocycles. The smallest absolute Gasteiger partial charge is 0.216 e. The minimum Gasteiger partial charge on any atom is -0.218 e. The monoisotopic (exact) mass is 373 g/mol. The van der Waals surface area contributed by atoms with Gasteiger partial charge in [0.2, 0.25) is 9.84 Å². The van der Waals surface area contributed by atoms with E-state index in [2.05, 4.69) is 15.9 Å². The first-order chi connectivity index (χ1) is 10.5. The summed E-state index contributed by atoms with van der Waals surface area (Å²) in [5, 5.41) is 9.13. The third-order valence-corrected chi connectivity index (χ3v) is 5.09. The molecule has 0 bridgehead atoms. The Hall–Kier alpha value is -2.16. The maximum absolute atomic E-state index is 12.4. The second kappa shape index (κ2) is 7.21. The minimum absolute atomic E-state index is 0.0941. The molecule has 2 rings (SSSR count). The Balaban J connectivity index is 2.31. The van der Waals surface area contributed by atoms with Gasteiger partial charge in [0.05, 0.1) is 4.90 Å². The zero-order chi connectivity index (χ0) is 16.0. The molecule has 0 saturated heterocycles. The zero-order valence-corrected chi connectivity index (χ0v) is 13.9. The van der Waals surface area contributed by atoms with Crippen molar-refractivity contribution in [3.05, 3.63) is 81.7 Å². The van der Waals surface area contributed by atoms with Crippen molar-refractivity contribution in [3.8, 4) is 6.07 Å². The lowest BCUT2D eigenvalue weighted by Crippen LogP contribution is -2.03. The van der Waals surface area contributed by atoms with Gasteiger partial charge >= 0.3 is 0 Å². The SMILES string of the molecule is N#C/C(=C/C=C/c1ccccc1)S(=O)(=O)c1ccc(Br)cc1. The average molecular weight is 374 g/mol. The van der Waals surface area contributed by atoms with E-state index in [1.165, 1.54) is 18.2 Å². The fourth-order valence-corrected chi connectivity index (χ4v) is 3.13. The van der Waals surface area contributed by atoms with E-state index in [9.17, 15) is 8.42 Å². The largest absolute Gasteiger partial charge is 0.218 e. The van der Waals surface area contributed by atoms with Crippen LogP contribution in [0.15, 0.2) is 81.0 Å². The Kier molecular flexibility index (Phi) is 5.31. The van der Waals surface area contributed by atoms with Crippen molar-refractivity contribution in [2.24, 2.45) is 0 Å². The summed E-state index contributed by atoms with van der Waals surface area (Å²) in [6.45, 7) is 0. The highest BCUT2D eigenvalue weighted by atomic mass is 79.9. The topological polar surface area (TPSA) is 57.9 Å². The summed E-state index contributed by atoms with van der Waals surface area (Å²) in [6, 6.07) is 17.4. The summed E-state index contributed by atoms with van der Waals surface area (Å²) in [4.78, 5) is -0.196. The van der Waals surface area contributed by atoms with Gasteiger partial charge in [0, 0.05) is 4.47 Å². The number of nitrogens with zero attached hydrogens (tertiary/aromatic N) is 1. The van der Waals surface area contributed by atoms with E-state index in [1.54, 1.807) is 30.4 Å². The van der Waals surface area contributed by atoms with Crippen molar-refractivity contribution in [3.63, 3.8) is 0 Å². The quantitative estimate of drug-likeness (QED) is 0.591. The molecule has 0 atom stereocenters. The number of hydrogen-bond donors (Lipinski definition) is 0. The van der Waals surface area contributed by atoms with E-state index in [0.29, 0.717) is 0 Å². The van der Waals surface area contributed by atoms with Crippen molar-refractivity contribution in [1.82, 2.24) is 0 Å². The first-order valence-corrected chi connectivity index (χ1v) is 8.66. The Labute approximate surface area is 138 Å². The van der Waals surface area contributed by atoms with Crippen LogP contribution in [0.3, 0.4) is 0 Å². The molecule has 2 aromatic rings. The molecule has 0 saturated carbocycles. The van der Waals surface area contributed by atoms with Crippen molar-refractivity contribution in [2.75, 3.05) is 0 Å². The molecule has 0 aliphatic carbocycles. The van der Waals surface area contributed by atoms with Gasteiger partial charge < -0.3 is 0 Å². The maximum atomic E-state index is 12.4. The van der Waals surface area contributed by atoms with Gasteiger partial charge in [-0.2, -0.15) is 5.26 Å². The molecular formula is C17H12BrNO2S. The van der Waals surface area contributed by atoms with Crippen LogP contribution < -0.4 is 0 Å². The number of rotatable bonds is 4. The second-order valence-electron chi connectivity index (χ2n) is 4.37. The van der Waals surface area contributed by atoms with Crippen molar-refractivity contribution >= 4 is 31.8 Å². The zero-order valence-electron chi connectivity index (χ0n) is 11.5. The van der Waals surface area contributed by atoms with Crippen LogP contribution >= 0.6 is 15.9 Å². The molecule has 3 nitrogen and oxygen atoms in total. The number of allylic oxidation sites excluding steroid dienone is 3. The first-order valence-electron chi connectivity index (χ1n) is 6.38. The fourth-order valence-electron chi connectivity index (χ4n) is 1.74. The number of halogens is 1. The van der Waals surface area contributed by atoms with Crippen LogP contribution in [0.2, 0.25) is 0 Å². The van der Waals surface area contributed by atoms with E-state index in [-0.39, 0.29) is 9.80 Å². The highest BCUT2D eigenvalue weighted by Gasteiger charge is 2.19. The van der Waals surface area contributed by atoms with Crippen molar-refractivity contribution in [2.45, 2.75) is 4.90 Å². The van der Waals surface area contributed by atoms with Gasteiger partial charge in [-0.15, -0.1) is 0 Å². The Morgan fingerprint density at radius 1 is 1.05 bits per heavy atom. The number of benzene rings is 2. The van der Waals surface area contributed by atoms with E-state index >= 15 is 0 Å². The lowest BCUT2D eigenvalue weighted by atomic mass is 10.2. The van der Waals surface area contributed by atoms with Crippen LogP contribution in [-0.2, 0) is 9.84 Å². The van der Waals surface area contributed by atoms with Crippen LogP contribution in [0.5, 0.6) is 0 Å². The maximum Gasteiger partial charge on any atom is 0.216 e. The number of nitriles is 1. The summed E-state index contributed by atoms with van der Waals surface area (Å²) < 4.78 is 25.5. The highest BCUT2D eigenvalue weighted by molar-refractivity contribution is 9.10. The molecular weight excluding hydrogens is 362 g/mol. The van der Waals surface area contributed by atoms with E-state index in [4.69, 9.17) is 5.26 Å². The van der Waals surface area contributed by atoms with Crippen molar-refractivity contribution < 1.29 is 8.42 Å². The standard InChI is InChI=1S/C17H12BrNO2S/c18-15-9-11-16(12-10-15)22(20,21)17(13-19)8-4-7-14-5-2-1-3-6-14/h1-12H/b7-4+,17-8-. The van der Waals surface area contributed by atoms with Gasteiger partial charge in [0.15, 0.2) is 0 Å². The molecule has 0 spiro atoms. The molecule has 0 aliphatic heterocycles. The Morgan fingerprint density at radius 2 is 1.68 bits per heavy atom. The van der Waals surface area contributed by atoms with Gasteiger partial charge in [-0.1, -0.05) is 58.4 Å². The third kappa shape index (κ3) is 3.94. The number of sulfone groups is 1. The predicted octanol–water partition coefficient (Wildman–Crippen LogP) is 4.34. The van der Waals surface area contributed by atoms with E-state index in [1.807, 2.05) is 30.3 Å². The van der Waals surface area contributed by atoms with Crippen LogP contribution in [0.1, 0.15) is 5.56 Å². The molecule has 0 heterocycles. The second-order valence-corrected chi connectivity index (χ2v) is 7.20. The predicted molar refractivity (Wildman–Crippen MR) is 90.5 cm³/mol. The Bertz CT molecular complexity index is 846. The van der Waals surface area contributed by atoms with Crippen LogP contribution in [0.25, 0.3) is 6.08 Å². The lowest BCUT2D eigenvalue weighted by molar-refractivity contribution is 0.603. The van der Waals surface area contributed by atoms with Crippen LogP contribution in [-0.4, -0.2) is 8.42 Å². The normalized spacial score (nSPS) is 12.3. The number of hydrogen-bond acceptors (Lipinski definition) is 3. The molecule has 0 fully saturated rings. The molecule has 5 heteroatoms. The first kappa shape index (κ1) is 16.2. The summed E-state index contributed by atoms with van der Waals surface area (Å²) in [5.41, 5.74) is 0.928. The summed E-state index contributed by atoms with van der Waals surface area (Å²) in [5.74, 6) is 0. The van der Waals surface area contributed by atoms with Gasteiger partial charge in [-0.05, 0) is 35.9 Å². The van der Waals surface area contributed by atoms with Gasteiger partial charge in [0.25, 0.3) is 0 Å². The molecule has 22 heavy (non-hydrogen) atoms. The van der Waals surface area contributed by atoms with Crippen LogP contribution in [0.4, 0.5) is 0 Å². The van der Waals surface area contributed by atoms with Crippen molar-refractivity contribution in [1.29, 1.82) is 5.26 Å². The third-order valence-electron chi connectivity index (χ3n) is 2.86. The fraction of sp³-hybridized carbons (Fsp3) is 0. The highest BCUT2D eigenvalue weighted by Crippen LogP contribution is 2.21. The van der Waals surface area contributed by atoms with Gasteiger partial charge in [-0.25, -0.2) is 8.42 Å². The lowest BCUT2D eigenvalue weighted by Gasteiger charge is -2.02. The molecule has 0 aliphatic rings.